The number of nitrogens with one attached hydrogen (secondary N) is 2. The van der Waals surface area contributed by atoms with Gasteiger partial charge in [-0.1, -0.05) is 24.3 Å². The minimum absolute atomic E-state index is 0.640. The van der Waals surface area contributed by atoms with Crippen molar-refractivity contribution in [3.05, 3.63) is 30.6 Å². The lowest BCUT2D eigenvalue weighted by atomic mass is 10.1. The normalized spacial score (nSPS) is 10.5. The van der Waals surface area contributed by atoms with Gasteiger partial charge in [0.25, 0.3) is 0 Å². The number of H-pyrrole nitrogens is 2. The van der Waals surface area contributed by atoms with Gasteiger partial charge in [0.05, 0.1) is 0 Å². The lowest BCUT2D eigenvalue weighted by molar-refractivity contribution is 0.881. The van der Waals surface area contributed by atoms with E-state index in [4.69, 9.17) is 0 Å². The van der Waals surface area contributed by atoms with Crippen molar-refractivity contribution in [2.45, 2.75) is 0 Å². The Morgan fingerprint density at radius 2 is 1.81 bits per heavy atom. The highest BCUT2D eigenvalue weighted by atomic mass is 15.5. The molecule has 0 amide bonds. The highest BCUT2D eigenvalue weighted by Gasteiger charge is 2.04. The van der Waals surface area contributed by atoms with Crippen LogP contribution in [0.15, 0.2) is 30.6 Å². The molecule has 3 rings (SSSR count). The number of hydrogen-bond donors (Lipinski definition) is 2. The van der Waals surface area contributed by atoms with Crippen molar-refractivity contribution in [2.75, 3.05) is 0 Å². The van der Waals surface area contributed by atoms with Crippen LogP contribution in [-0.2, 0) is 0 Å². The molecule has 2 aromatic heterocycles. The Bertz CT molecular complexity index is 499. The predicted molar refractivity (Wildman–Crippen MR) is 55.0 cm³/mol. The zero-order valence-electron chi connectivity index (χ0n) is 8.12. The van der Waals surface area contributed by atoms with Gasteiger partial charge in [-0.05, 0) is 10.4 Å². The van der Waals surface area contributed by atoms with Gasteiger partial charge >= 0.3 is 0 Å². The molecule has 0 saturated carbocycles. The highest BCUT2D eigenvalue weighted by molar-refractivity contribution is 5.62. The van der Waals surface area contributed by atoms with Crippen molar-refractivity contribution in [2.24, 2.45) is 0 Å². The molecule has 0 unspecified atom stereocenters. The summed E-state index contributed by atoms with van der Waals surface area (Å²) in [4.78, 5) is 4.06. The summed E-state index contributed by atoms with van der Waals surface area (Å²) < 4.78 is 0. The lowest BCUT2D eigenvalue weighted by Crippen LogP contribution is -1.83. The Hall–Kier alpha value is -2.57. The molecule has 0 aliphatic heterocycles. The van der Waals surface area contributed by atoms with E-state index in [1.807, 2.05) is 24.3 Å². The molecule has 78 valence electrons. The second kappa shape index (κ2) is 3.54. The van der Waals surface area contributed by atoms with Crippen molar-refractivity contribution in [3.8, 4) is 22.8 Å². The number of tetrazole rings is 1. The number of nitrogens with zero attached hydrogens (tertiary/aromatic N) is 5. The van der Waals surface area contributed by atoms with E-state index in [-0.39, 0.29) is 0 Å². The Morgan fingerprint density at radius 1 is 1.00 bits per heavy atom. The van der Waals surface area contributed by atoms with E-state index in [0.29, 0.717) is 11.6 Å². The van der Waals surface area contributed by atoms with Crippen molar-refractivity contribution in [1.82, 2.24) is 35.8 Å². The summed E-state index contributed by atoms with van der Waals surface area (Å²) >= 11 is 0. The number of aromatic amines is 2. The number of benzene rings is 1. The minimum atomic E-state index is 0.640. The van der Waals surface area contributed by atoms with Crippen molar-refractivity contribution in [1.29, 1.82) is 0 Å². The first-order valence-corrected chi connectivity index (χ1v) is 4.64. The fourth-order valence-electron chi connectivity index (χ4n) is 1.41. The van der Waals surface area contributed by atoms with E-state index in [1.165, 1.54) is 0 Å². The fourth-order valence-corrected chi connectivity index (χ4v) is 1.41. The zero-order valence-corrected chi connectivity index (χ0v) is 8.12. The zero-order chi connectivity index (χ0) is 10.8. The fraction of sp³-hybridized carbons (Fsp3) is 0. The largest absolute Gasteiger partial charge is 0.265 e. The lowest BCUT2D eigenvalue weighted by Gasteiger charge is -1.97. The molecule has 0 saturated heterocycles. The first-order chi connectivity index (χ1) is 7.93. The van der Waals surface area contributed by atoms with Crippen molar-refractivity contribution < 1.29 is 0 Å². The van der Waals surface area contributed by atoms with E-state index < -0.39 is 0 Å². The van der Waals surface area contributed by atoms with Gasteiger partial charge in [0, 0.05) is 11.1 Å². The Morgan fingerprint density at radius 3 is 2.44 bits per heavy atom. The summed E-state index contributed by atoms with van der Waals surface area (Å²) in [6.07, 6.45) is 1.55. The van der Waals surface area contributed by atoms with E-state index in [9.17, 15) is 0 Å². The van der Waals surface area contributed by atoms with Gasteiger partial charge in [0.1, 0.15) is 6.33 Å². The molecule has 16 heavy (non-hydrogen) atoms. The van der Waals surface area contributed by atoms with E-state index >= 15 is 0 Å². The Kier molecular flexibility index (Phi) is 1.93. The van der Waals surface area contributed by atoms with Gasteiger partial charge in [0.15, 0.2) is 11.6 Å². The molecule has 7 heteroatoms. The van der Waals surface area contributed by atoms with Crippen molar-refractivity contribution >= 4 is 0 Å². The van der Waals surface area contributed by atoms with E-state index in [2.05, 4.69) is 35.8 Å². The van der Waals surface area contributed by atoms with E-state index in [0.717, 1.165) is 11.1 Å². The first kappa shape index (κ1) is 8.72. The monoisotopic (exact) mass is 213 g/mol. The number of rotatable bonds is 2. The van der Waals surface area contributed by atoms with Crippen LogP contribution in [0.3, 0.4) is 0 Å². The summed E-state index contributed by atoms with van der Waals surface area (Å²) in [6, 6.07) is 7.66. The maximum Gasteiger partial charge on any atom is 0.180 e. The average molecular weight is 213 g/mol. The smallest absolute Gasteiger partial charge is 0.180 e. The molecule has 0 fully saturated rings. The van der Waals surface area contributed by atoms with Crippen LogP contribution in [0.2, 0.25) is 0 Å². The molecule has 7 nitrogen and oxygen atoms in total. The van der Waals surface area contributed by atoms with Crippen LogP contribution >= 0.6 is 0 Å². The summed E-state index contributed by atoms with van der Waals surface area (Å²) in [6.45, 7) is 0. The minimum Gasteiger partial charge on any atom is -0.265 e. The third-order valence-electron chi connectivity index (χ3n) is 2.18. The summed E-state index contributed by atoms with van der Waals surface area (Å²) in [7, 11) is 0. The Labute approximate surface area is 89.9 Å². The topological polar surface area (TPSA) is 96.0 Å². The predicted octanol–water partition coefficient (Wildman–Crippen LogP) is 0.652. The molecule has 0 aliphatic carbocycles. The van der Waals surface area contributed by atoms with Crippen LogP contribution in [0.4, 0.5) is 0 Å². The van der Waals surface area contributed by atoms with Gasteiger partial charge in [-0.25, -0.2) is 10.1 Å². The molecule has 3 aromatic rings. The van der Waals surface area contributed by atoms with Gasteiger partial charge in [0.2, 0.25) is 0 Å². The van der Waals surface area contributed by atoms with Gasteiger partial charge in [-0.3, -0.25) is 5.10 Å². The quantitative estimate of drug-likeness (QED) is 0.651. The van der Waals surface area contributed by atoms with Crippen LogP contribution in [0.5, 0.6) is 0 Å². The molecule has 0 aliphatic rings. The molecule has 2 heterocycles. The average Bonchev–Trinajstić information content (AvgIpc) is 3.03. The Balaban J connectivity index is 1.97. The van der Waals surface area contributed by atoms with Gasteiger partial charge in [-0.2, -0.15) is 5.10 Å². The first-order valence-electron chi connectivity index (χ1n) is 4.64. The molecular weight excluding hydrogens is 206 g/mol. The number of hydrogen-bond acceptors (Lipinski definition) is 5. The maximum atomic E-state index is 4.06. The second-order valence-corrected chi connectivity index (χ2v) is 3.15. The highest BCUT2D eigenvalue weighted by Crippen LogP contribution is 2.18. The van der Waals surface area contributed by atoms with Crippen LogP contribution in [-0.4, -0.2) is 35.8 Å². The summed E-state index contributed by atoms with van der Waals surface area (Å²) in [5, 5.41) is 20.2. The third kappa shape index (κ3) is 1.44. The van der Waals surface area contributed by atoms with Crippen molar-refractivity contribution in [3.63, 3.8) is 0 Å². The third-order valence-corrected chi connectivity index (χ3v) is 2.18. The van der Waals surface area contributed by atoms with Gasteiger partial charge in [-0.15, -0.1) is 5.10 Å². The van der Waals surface area contributed by atoms with E-state index in [1.54, 1.807) is 6.33 Å². The standard InChI is InChI=1S/C9H7N7/c1-3-7(9-13-15-16-14-9)4-2-6(1)8-10-5-11-12-8/h1-5H,(H,10,11,12)(H,13,14,15,16). The number of aromatic nitrogens is 7. The molecular formula is C9H7N7. The van der Waals surface area contributed by atoms with Gasteiger partial charge < -0.3 is 0 Å². The molecule has 2 N–H and O–H groups in total. The van der Waals surface area contributed by atoms with Crippen LogP contribution in [0.25, 0.3) is 22.8 Å². The molecule has 0 radical (unpaired) electrons. The van der Waals surface area contributed by atoms with Crippen LogP contribution in [0, 0.1) is 0 Å². The summed E-state index contributed by atoms with van der Waals surface area (Å²) in [5.41, 5.74) is 1.86. The van der Waals surface area contributed by atoms with Crippen LogP contribution < -0.4 is 0 Å². The van der Waals surface area contributed by atoms with Crippen LogP contribution in [0.1, 0.15) is 0 Å². The second-order valence-electron chi connectivity index (χ2n) is 3.15. The maximum absolute atomic E-state index is 4.06. The molecule has 0 bridgehead atoms. The molecule has 1 aromatic carbocycles. The SMILES string of the molecule is c1nc(-c2ccc(-c3nnn[nH]3)cc2)n[nH]1. The molecule has 0 spiro atoms. The molecule has 0 atom stereocenters. The summed E-state index contributed by atoms with van der Waals surface area (Å²) in [5.74, 6) is 1.31.